The lowest BCUT2D eigenvalue weighted by Crippen LogP contribution is -2.13. The van der Waals surface area contributed by atoms with Gasteiger partial charge in [-0.25, -0.2) is 13.2 Å². The Morgan fingerprint density at radius 2 is 2.06 bits per heavy atom. The van der Waals surface area contributed by atoms with Crippen LogP contribution in [-0.2, 0) is 14.7 Å². The van der Waals surface area contributed by atoms with Crippen molar-refractivity contribution in [2.24, 2.45) is 5.90 Å². The molecular weight excluding hydrogens is 246 g/mol. The van der Waals surface area contributed by atoms with Crippen molar-refractivity contribution in [1.29, 1.82) is 0 Å². The lowest BCUT2D eigenvalue weighted by molar-refractivity contribution is 0.0499. The molecule has 0 aliphatic rings. The number of carbonyl (C=O) groups excluding carboxylic acids is 1. The smallest absolute Gasteiger partial charge is 0.360 e. The number of ether oxygens (including phenoxy) is 1. The van der Waals surface area contributed by atoms with Crippen molar-refractivity contribution in [2.45, 2.75) is 11.8 Å². The van der Waals surface area contributed by atoms with Crippen molar-refractivity contribution in [3.8, 4) is 5.75 Å². The van der Waals surface area contributed by atoms with Gasteiger partial charge in [0.2, 0.25) is 0 Å². The Labute approximate surface area is 99.2 Å². The molecule has 0 atom stereocenters. The summed E-state index contributed by atoms with van der Waals surface area (Å²) in [6, 6.07) is 3.94. The van der Waals surface area contributed by atoms with Crippen LogP contribution in [0.15, 0.2) is 23.1 Å². The molecule has 1 rings (SSSR count). The Hall–Kier alpha value is -1.60. The van der Waals surface area contributed by atoms with Crippen LogP contribution in [0.25, 0.3) is 0 Å². The topological polar surface area (TPSA) is 95.7 Å². The second-order valence-corrected chi connectivity index (χ2v) is 5.45. The summed E-state index contributed by atoms with van der Waals surface area (Å²) in [5.41, 5.74) is -0.0236. The Morgan fingerprint density at radius 1 is 1.41 bits per heavy atom. The van der Waals surface area contributed by atoms with Crippen LogP contribution in [0.1, 0.15) is 17.3 Å². The number of benzene rings is 1. The molecule has 94 valence electrons. The van der Waals surface area contributed by atoms with E-state index in [9.17, 15) is 13.2 Å². The quantitative estimate of drug-likeness (QED) is 0.792. The highest BCUT2D eigenvalue weighted by Crippen LogP contribution is 2.23. The molecule has 1 aromatic rings. The molecule has 0 unspecified atom stereocenters. The van der Waals surface area contributed by atoms with Crippen LogP contribution >= 0.6 is 0 Å². The van der Waals surface area contributed by atoms with Crippen molar-refractivity contribution in [3.05, 3.63) is 23.8 Å². The Balaban J connectivity index is 3.37. The molecule has 0 aliphatic heterocycles. The van der Waals surface area contributed by atoms with Gasteiger partial charge in [0.15, 0.2) is 9.84 Å². The maximum Gasteiger partial charge on any atom is 0.360 e. The summed E-state index contributed by atoms with van der Waals surface area (Å²) >= 11 is 0. The summed E-state index contributed by atoms with van der Waals surface area (Å²) in [6.07, 6.45) is 0. The fourth-order valence-electron chi connectivity index (χ4n) is 1.27. The van der Waals surface area contributed by atoms with Gasteiger partial charge in [0.25, 0.3) is 0 Å². The summed E-state index contributed by atoms with van der Waals surface area (Å²) in [6.45, 7) is 1.51. The zero-order valence-electron chi connectivity index (χ0n) is 9.47. The third kappa shape index (κ3) is 2.75. The van der Waals surface area contributed by atoms with Gasteiger partial charge in [-0.1, -0.05) is 6.92 Å². The van der Waals surface area contributed by atoms with Crippen molar-refractivity contribution < 1.29 is 22.8 Å². The van der Waals surface area contributed by atoms with Crippen molar-refractivity contribution in [2.75, 3.05) is 12.9 Å². The fourth-order valence-corrected chi connectivity index (χ4v) is 2.18. The average molecular weight is 259 g/mol. The van der Waals surface area contributed by atoms with Crippen LogP contribution in [0.5, 0.6) is 5.75 Å². The van der Waals surface area contributed by atoms with E-state index in [0.717, 1.165) is 0 Å². The first-order chi connectivity index (χ1) is 7.96. The predicted octanol–water partition coefficient (Wildman–Crippen LogP) is 0.519. The molecule has 0 spiro atoms. The van der Waals surface area contributed by atoms with E-state index < -0.39 is 15.8 Å². The molecule has 0 aliphatic carbocycles. The van der Waals surface area contributed by atoms with Gasteiger partial charge < -0.3 is 9.57 Å². The van der Waals surface area contributed by atoms with E-state index >= 15 is 0 Å². The SMILES string of the molecule is CCS(=O)(=O)c1ccc(OC)c(C(=O)ON)c1. The number of nitrogens with two attached hydrogens (primary N) is 1. The van der Waals surface area contributed by atoms with Crippen LogP contribution in [0.3, 0.4) is 0 Å². The molecule has 0 saturated heterocycles. The van der Waals surface area contributed by atoms with Crippen LogP contribution in [0.4, 0.5) is 0 Å². The van der Waals surface area contributed by atoms with E-state index in [1.807, 2.05) is 0 Å². The number of methoxy groups -OCH3 is 1. The van der Waals surface area contributed by atoms with Gasteiger partial charge in [0, 0.05) is 0 Å². The number of carbonyl (C=O) groups is 1. The molecule has 0 saturated carbocycles. The molecular formula is C10H13NO5S. The highest BCUT2D eigenvalue weighted by molar-refractivity contribution is 7.91. The molecule has 17 heavy (non-hydrogen) atoms. The van der Waals surface area contributed by atoms with Crippen molar-refractivity contribution in [3.63, 3.8) is 0 Å². The van der Waals surface area contributed by atoms with Crippen LogP contribution < -0.4 is 10.6 Å². The standard InChI is InChI=1S/C10H13NO5S/c1-3-17(13,14)7-4-5-9(15-2)8(6-7)10(12)16-11/h4-6H,3,11H2,1-2H3. The van der Waals surface area contributed by atoms with Gasteiger partial charge in [-0.3, -0.25) is 0 Å². The van der Waals surface area contributed by atoms with Gasteiger partial charge in [0.05, 0.1) is 17.8 Å². The second-order valence-electron chi connectivity index (χ2n) is 3.17. The Kier molecular flexibility index (Phi) is 4.08. The average Bonchev–Trinajstić information content (AvgIpc) is 2.36. The number of hydrogen-bond acceptors (Lipinski definition) is 6. The monoisotopic (exact) mass is 259 g/mol. The van der Waals surface area contributed by atoms with Gasteiger partial charge in [-0.15, -0.1) is 0 Å². The van der Waals surface area contributed by atoms with E-state index in [4.69, 9.17) is 10.6 Å². The first-order valence-electron chi connectivity index (χ1n) is 4.78. The minimum absolute atomic E-state index is 0.0236. The van der Waals surface area contributed by atoms with Gasteiger partial charge in [-0.05, 0) is 18.2 Å². The molecule has 0 aromatic heterocycles. The fraction of sp³-hybridized carbons (Fsp3) is 0.300. The Bertz CT molecular complexity index is 523. The number of rotatable bonds is 4. The molecule has 0 fully saturated rings. The predicted molar refractivity (Wildman–Crippen MR) is 60.3 cm³/mol. The second kappa shape index (κ2) is 5.15. The van der Waals surface area contributed by atoms with Crippen molar-refractivity contribution >= 4 is 15.8 Å². The summed E-state index contributed by atoms with van der Waals surface area (Å²) in [7, 11) is -2.03. The van der Waals surface area contributed by atoms with Crippen LogP contribution in [0.2, 0.25) is 0 Å². The Morgan fingerprint density at radius 3 is 2.53 bits per heavy atom. The largest absolute Gasteiger partial charge is 0.496 e. The van der Waals surface area contributed by atoms with Gasteiger partial charge in [0.1, 0.15) is 11.3 Å². The third-order valence-corrected chi connectivity index (χ3v) is 3.97. The third-order valence-electron chi connectivity index (χ3n) is 2.24. The zero-order valence-corrected chi connectivity index (χ0v) is 10.3. The minimum atomic E-state index is -3.39. The molecule has 6 nitrogen and oxygen atoms in total. The van der Waals surface area contributed by atoms with E-state index in [1.165, 1.54) is 32.2 Å². The van der Waals surface area contributed by atoms with E-state index in [0.29, 0.717) is 0 Å². The van der Waals surface area contributed by atoms with Gasteiger partial charge >= 0.3 is 5.97 Å². The maximum atomic E-state index is 11.6. The van der Waals surface area contributed by atoms with E-state index in [1.54, 1.807) is 0 Å². The molecule has 2 N–H and O–H groups in total. The lowest BCUT2D eigenvalue weighted by Gasteiger charge is -2.08. The summed E-state index contributed by atoms with van der Waals surface area (Å²) in [5.74, 6) is 4.06. The molecule has 0 radical (unpaired) electrons. The van der Waals surface area contributed by atoms with Gasteiger partial charge in [-0.2, -0.15) is 5.90 Å². The molecule has 0 bridgehead atoms. The minimum Gasteiger partial charge on any atom is -0.496 e. The van der Waals surface area contributed by atoms with Crippen LogP contribution in [-0.4, -0.2) is 27.2 Å². The summed E-state index contributed by atoms with van der Waals surface area (Å²) < 4.78 is 28.2. The normalized spacial score (nSPS) is 11.0. The first kappa shape index (κ1) is 13.5. The summed E-state index contributed by atoms with van der Waals surface area (Å²) in [4.78, 5) is 15.4. The highest BCUT2D eigenvalue weighted by Gasteiger charge is 2.19. The number of sulfone groups is 1. The van der Waals surface area contributed by atoms with Crippen LogP contribution in [0, 0.1) is 0 Å². The zero-order chi connectivity index (χ0) is 13.1. The highest BCUT2D eigenvalue weighted by atomic mass is 32.2. The lowest BCUT2D eigenvalue weighted by atomic mass is 10.2. The maximum absolute atomic E-state index is 11.6. The molecule has 0 amide bonds. The first-order valence-corrected chi connectivity index (χ1v) is 6.43. The van der Waals surface area contributed by atoms with E-state index in [2.05, 4.69) is 4.84 Å². The summed E-state index contributed by atoms with van der Waals surface area (Å²) in [5, 5.41) is 0. The van der Waals surface area contributed by atoms with E-state index in [-0.39, 0.29) is 22.0 Å². The molecule has 1 aromatic carbocycles. The van der Waals surface area contributed by atoms with Crippen molar-refractivity contribution in [1.82, 2.24) is 0 Å². The molecule has 0 heterocycles. The molecule has 7 heteroatoms. The number of hydrogen-bond donors (Lipinski definition) is 1.